The van der Waals surface area contributed by atoms with E-state index < -0.39 is 17.7 Å². The summed E-state index contributed by atoms with van der Waals surface area (Å²) in [5, 5.41) is 10.0. The third-order valence-electron chi connectivity index (χ3n) is 3.28. The van der Waals surface area contributed by atoms with Crippen LogP contribution in [0.3, 0.4) is 0 Å². The smallest absolute Gasteiger partial charge is 0.159 e. The van der Waals surface area contributed by atoms with Gasteiger partial charge in [0.05, 0.1) is 6.10 Å². The number of hydrogen-bond donors (Lipinski definition) is 1. The molecule has 1 N–H and O–H groups in total. The summed E-state index contributed by atoms with van der Waals surface area (Å²) in [4.78, 5) is 2.03. The summed E-state index contributed by atoms with van der Waals surface area (Å²) < 4.78 is 25.9. The van der Waals surface area contributed by atoms with Crippen LogP contribution in [0.2, 0.25) is 0 Å². The van der Waals surface area contributed by atoms with Crippen LogP contribution in [0.1, 0.15) is 25.0 Å². The van der Waals surface area contributed by atoms with Crippen LogP contribution in [0.15, 0.2) is 18.2 Å². The van der Waals surface area contributed by atoms with Gasteiger partial charge in [0.25, 0.3) is 0 Å². The molecule has 19 heavy (non-hydrogen) atoms. The van der Waals surface area contributed by atoms with Crippen LogP contribution >= 0.6 is 11.8 Å². The standard InChI is InChI=1S/C14H21F2NOS/c1-10(6-7-19-3)17(2)9-14(18)11-4-5-12(15)13(16)8-11/h4-5,8,10,14,18H,6-7,9H2,1-3H3. The minimum absolute atomic E-state index is 0.340. The van der Waals surface area contributed by atoms with Gasteiger partial charge in [0.1, 0.15) is 0 Å². The summed E-state index contributed by atoms with van der Waals surface area (Å²) >= 11 is 1.79. The maximum absolute atomic E-state index is 13.1. The number of likely N-dealkylation sites (N-methyl/N-ethyl adjacent to an activating group) is 1. The van der Waals surface area contributed by atoms with Gasteiger partial charge in [-0.05, 0) is 50.1 Å². The lowest BCUT2D eigenvalue weighted by Crippen LogP contribution is -2.33. The maximum Gasteiger partial charge on any atom is 0.159 e. The Kier molecular flexibility index (Phi) is 6.75. The second-order valence-corrected chi connectivity index (χ2v) is 5.75. The summed E-state index contributed by atoms with van der Waals surface area (Å²) in [5.41, 5.74) is 0.405. The Morgan fingerprint density at radius 3 is 2.58 bits per heavy atom. The Labute approximate surface area is 117 Å². The van der Waals surface area contributed by atoms with E-state index in [0.717, 1.165) is 24.3 Å². The molecule has 0 saturated heterocycles. The molecule has 1 aromatic carbocycles. The van der Waals surface area contributed by atoms with Crippen molar-refractivity contribution in [3.05, 3.63) is 35.4 Å². The van der Waals surface area contributed by atoms with Gasteiger partial charge in [-0.3, -0.25) is 0 Å². The van der Waals surface area contributed by atoms with Crippen molar-refractivity contribution in [2.75, 3.05) is 25.6 Å². The largest absolute Gasteiger partial charge is 0.387 e. The molecule has 1 aromatic rings. The van der Waals surface area contributed by atoms with Gasteiger partial charge in [-0.25, -0.2) is 8.78 Å². The molecule has 0 heterocycles. The topological polar surface area (TPSA) is 23.5 Å². The van der Waals surface area contributed by atoms with Crippen LogP contribution in [-0.2, 0) is 0 Å². The van der Waals surface area contributed by atoms with Crippen molar-refractivity contribution >= 4 is 11.8 Å². The fraction of sp³-hybridized carbons (Fsp3) is 0.571. The van der Waals surface area contributed by atoms with Crippen molar-refractivity contribution in [3.63, 3.8) is 0 Å². The first-order valence-corrected chi connectivity index (χ1v) is 7.67. The van der Waals surface area contributed by atoms with E-state index >= 15 is 0 Å². The zero-order valence-electron chi connectivity index (χ0n) is 11.6. The average Bonchev–Trinajstić information content (AvgIpc) is 2.38. The first-order chi connectivity index (χ1) is 8.95. The number of thioether (sulfide) groups is 1. The quantitative estimate of drug-likeness (QED) is 0.834. The second-order valence-electron chi connectivity index (χ2n) is 4.76. The van der Waals surface area contributed by atoms with Gasteiger partial charge in [-0.15, -0.1) is 0 Å². The predicted molar refractivity (Wildman–Crippen MR) is 76.4 cm³/mol. The number of rotatable bonds is 7. The van der Waals surface area contributed by atoms with Gasteiger partial charge >= 0.3 is 0 Å². The molecule has 0 aromatic heterocycles. The van der Waals surface area contributed by atoms with Gasteiger partial charge in [0, 0.05) is 12.6 Å². The van der Waals surface area contributed by atoms with E-state index in [1.807, 2.05) is 11.9 Å². The molecule has 0 spiro atoms. The second kappa shape index (κ2) is 7.82. The highest BCUT2D eigenvalue weighted by molar-refractivity contribution is 7.98. The number of hydrogen-bond acceptors (Lipinski definition) is 3. The Hall–Kier alpha value is -0.650. The molecule has 0 radical (unpaired) electrons. The van der Waals surface area contributed by atoms with E-state index in [1.165, 1.54) is 6.07 Å². The molecule has 0 aliphatic carbocycles. The Morgan fingerprint density at radius 1 is 1.32 bits per heavy atom. The Balaban J connectivity index is 2.58. The van der Waals surface area contributed by atoms with Gasteiger partial charge in [-0.1, -0.05) is 6.07 Å². The fourth-order valence-corrected chi connectivity index (χ4v) is 2.36. The fourth-order valence-electron chi connectivity index (χ4n) is 1.79. The van der Waals surface area contributed by atoms with E-state index in [0.29, 0.717) is 18.2 Å². The summed E-state index contributed by atoms with van der Waals surface area (Å²) in [6.45, 7) is 2.49. The Bertz CT molecular complexity index is 403. The highest BCUT2D eigenvalue weighted by Crippen LogP contribution is 2.18. The minimum atomic E-state index is -0.922. The van der Waals surface area contributed by atoms with Crippen LogP contribution in [0, 0.1) is 11.6 Å². The van der Waals surface area contributed by atoms with Crippen molar-refractivity contribution in [3.8, 4) is 0 Å². The molecule has 2 unspecified atom stereocenters. The van der Waals surface area contributed by atoms with Crippen molar-refractivity contribution < 1.29 is 13.9 Å². The summed E-state index contributed by atoms with van der Waals surface area (Å²) in [6.07, 6.45) is 2.28. The molecule has 2 atom stereocenters. The zero-order chi connectivity index (χ0) is 14.4. The molecule has 0 bridgehead atoms. The van der Waals surface area contributed by atoms with E-state index in [9.17, 15) is 13.9 Å². The van der Waals surface area contributed by atoms with Crippen LogP contribution in [0.4, 0.5) is 8.78 Å². The van der Waals surface area contributed by atoms with Crippen molar-refractivity contribution in [2.45, 2.75) is 25.5 Å². The maximum atomic E-state index is 13.1. The first kappa shape index (κ1) is 16.4. The lowest BCUT2D eigenvalue weighted by atomic mass is 10.1. The summed E-state index contributed by atoms with van der Waals surface area (Å²) in [7, 11) is 1.92. The highest BCUT2D eigenvalue weighted by atomic mass is 32.2. The lowest BCUT2D eigenvalue weighted by Gasteiger charge is -2.27. The molecule has 5 heteroatoms. The van der Waals surface area contributed by atoms with Gasteiger partial charge in [-0.2, -0.15) is 11.8 Å². The van der Waals surface area contributed by atoms with Crippen LogP contribution in [0.5, 0.6) is 0 Å². The predicted octanol–water partition coefficient (Wildman–Crippen LogP) is 3.07. The molecule has 1 rings (SSSR count). The van der Waals surface area contributed by atoms with E-state index in [4.69, 9.17) is 0 Å². The monoisotopic (exact) mass is 289 g/mol. The zero-order valence-corrected chi connectivity index (χ0v) is 12.4. The Morgan fingerprint density at radius 2 is 2.00 bits per heavy atom. The van der Waals surface area contributed by atoms with Crippen LogP contribution < -0.4 is 0 Å². The highest BCUT2D eigenvalue weighted by Gasteiger charge is 2.16. The molecule has 0 aliphatic rings. The van der Waals surface area contributed by atoms with Crippen LogP contribution in [-0.4, -0.2) is 41.6 Å². The SMILES string of the molecule is CSCCC(C)N(C)CC(O)c1ccc(F)c(F)c1. The molecule has 0 amide bonds. The first-order valence-electron chi connectivity index (χ1n) is 6.28. The van der Waals surface area contributed by atoms with E-state index in [-0.39, 0.29) is 0 Å². The number of aliphatic hydroxyl groups excluding tert-OH is 1. The average molecular weight is 289 g/mol. The molecule has 0 fully saturated rings. The lowest BCUT2D eigenvalue weighted by molar-refractivity contribution is 0.107. The molecule has 108 valence electrons. The van der Waals surface area contributed by atoms with Crippen molar-refractivity contribution in [1.29, 1.82) is 0 Å². The van der Waals surface area contributed by atoms with E-state index in [1.54, 1.807) is 11.8 Å². The van der Waals surface area contributed by atoms with Crippen molar-refractivity contribution in [1.82, 2.24) is 4.90 Å². The summed E-state index contributed by atoms with van der Waals surface area (Å²) in [5.74, 6) is -0.750. The van der Waals surface area contributed by atoms with E-state index in [2.05, 4.69) is 13.2 Å². The summed E-state index contributed by atoms with van der Waals surface area (Å²) in [6, 6.07) is 3.86. The number of benzene rings is 1. The van der Waals surface area contributed by atoms with Gasteiger partial charge in [0.15, 0.2) is 11.6 Å². The third-order valence-corrected chi connectivity index (χ3v) is 3.93. The molecule has 2 nitrogen and oxygen atoms in total. The molecule has 0 aliphatic heterocycles. The van der Waals surface area contributed by atoms with Gasteiger partial charge < -0.3 is 10.0 Å². The normalized spacial score (nSPS) is 14.7. The molecular formula is C14H21F2NOS. The number of nitrogens with zero attached hydrogens (tertiary/aromatic N) is 1. The van der Waals surface area contributed by atoms with Gasteiger partial charge in [0.2, 0.25) is 0 Å². The molecular weight excluding hydrogens is 268 g/mol. The minimum Gasteiger partial charge on any atom is -0.387 e. The third kappa shape index (κ3) is 5.09. The number of aliphatic hydroxyl groups is 1. The van der Waals surface area contributed by atoms with Crippen LogP contribution in [0.25, 0.3) is 0 Å². The molecule has 0 saturated carbocycles. The number of halogens is 2. The van der Waals surface area contributed by atoms with Crippen molar-refractivity contribution in [2.24, 2.45) is 0 Å².